The lowest BCUT2D eigenvalue weighted by Crippen LogP contribution is -2.31. The van der Waals surface area contributed by atoms with Crippen LogP contribution in [0.4, 0.5) is 0 Å². The van der Waals surface area contributed by atoms with Gasteiger partial charge in [-0.25, -0.2) is 0 Å². The Morgan fingerprint density at radius 3 is 2.80 bits per heavy atom. The highest BCUT2D eigenvalue weighted by Crippen LogP contribution is 2.38. The van der Waals surface area contributed by atoms with Gasteiger partial charge in [-0.15, -0.1) is 0 Å². The second-order valence-corrected chi connectivity index (χ2v) is 7.69. The van der Waals surface area contributed by atoms with Gasteiger partial charge in [0, 0.05) is 36.3 Å². The van der Waals surface area contributed by atoms with E-state index in [0.717, 1.165) is 40.6 Å². The number of ether oxygens (including phenoxy) is 2. The summed E-state index contributed by atoms with van der Waals surface area (Å²) in [7, 11) is 0. The Bertz CT molecular complexity index is 1170. The Balaban J connectivity index is 1.59. The Kier molecular flexibility index (Phi) is 5.69. The maximum absolute atomic E-state index is 11.5. The number of aromatic amines is 1. The predicted molar refractivity (Wildman–Crippen MR) is 117 cm³/mol. The molecule has 4 rings (SSSR count). The van der Waals surface area contributed by atoms with Gasteiger partial charge in [0.15, 0.2) is 0 Å². The number of aromatic nitrogens is 1. The highest BCUT2D eigenvalue weighted by molar-refractivity contribution is 5.79. The van der Waals surface area contributed by atoms with Crippen molar-refractivity contribution >= 4 is 10.9 Å². The molecule has 2 aromatic carbocycles. The number of benzene rings is 2. The molecule has 30 heavy (non-hydrogen) atoms. The van der Waals surface area contributed by atoms with Crippen LogP contribution >= 0.6 is 0 Å². The fourth-order valence-corrected chi connectivity index (χ4v) is 4.06. The van der Waals surface area contributed by atoms with Crippen molar-refractivity contribution in [3.05, 3.63) is 88.2 Å². The number of pyridine rings is 1. The van der Waals surface area contributed by atoms with Gasteiger partial charge in [-0.2, -0.15) is 5.26 Å². The molecule has 2 heterocycles. The number of nitrogens with zero attached hydrogens (tertiary/aromatic N) is 1. The van der Waals surface area contributed by atoms with Crippen molar-refractivity contribution < 1.29 is 9.47 Å². The van der Waals surface area contributed by atoms with Gasteiger partial charge in [-0.05, 0) is 66.6 Å². The molecule has 0 spiro atoms. The van der Waals surface area contributed by atoms with Gasteiger partial charge in [0.1, 0.15) is 11.9 Å². The van der Waals surface area contributed by atoms with Crippen LogP contribution in [0.15, 0.2) is 71.5 Å². The summed E-state index contributed by atoms with van der Waals surface area (Å²) in [6, 6.07) is 19.5. The van der Waals surface area contributed by atoms with Crippen molar-refractivity contribution in [2.75, 3.05) is 13.2 Å². The maximum Gasteiger partial charge on any atom is 0.248 e. The number of hydrogen-bond donors (Lipinski definition) is 1. The number of H-pyrrole nitrogens is 1. The first-order valence-corrected chi connectivity index (χ1v) is 10.1. The second-order valence-electron chi connectivity index (χ2n) is 7.69. The molecule has 152 valence electrons. The third-order valence-corrected chi connectivity index (χ3v) is 5.80. The van der Waals surface area contributed by atoms with E-state index in [0.29, 0.717) is 13.2 Å². The van der Waals surface area contributed by atoms with Crippen molar-refractivity contribution in [3.8, 4) is 11.8 Å². The molecule has 1 aromatic heterocycles. The number of rotatable bonds is 5. The van der Waals surface area contributed by atoms with E-state index in [9.17, 15) is 4.79 Å². The maximum atomic E-state index is 11.5. The van der Waals surface area contributed by atoms with E-state index in [4.69, 9.17) is 14.7 Å². The minimum Gasteiger partial charge on any atom is -0.486 e. The third kappa shape index (κ3) is 4.14. The fourth-order valence-electron chi connectivity index (χ4n) is 4.06. The molecule has 1 unspecified atom stereocenters. The molecule has 1 fully saturated rings. The van der Waals surface area contributed by atoms with E-state index in [1.165, 1.54) is 6.07 Å². The van der Waals surface area contributed by atoms with Crippen LogP contribution in [-0.2, 0) is 10.2 Å². The van der Waals surface area contributed by atoms with Crippen LogP contribution in [-0.4, -0.2) is 18.2 Å². The highest BCUT2D eigenvalue weighted by atomic mass is 16.5. The van der Waals surface area contributed by atoms with Crippen molar-refractivity contribution in [1.29, 1.82) is 5.26 Å². The number of fused-ring (bicyclic) bond motifs is 1. The van der Waals surface area contributed by atoms with Crippen LogP contribution in [0.2, 0.25) is 0 Å². The summed E-state index contributed by atoms with van der Waals surface area (Å²) in [5.41, 5.74) is 2.67. The van der Waals surface area contributed by atoms with E-state index in [2.05, 4.69) is 23.2 Å². The largest absolute Gasteiger partial charge is 0.486 e. The van der Waals surface area contributed by atoms with E-state index >= 15 is 0 Å². The zero-order valence-corrected chi connectivity index (χ0v) is 16.9. The van der Waals surface area contributed by atoms with Gasteiger partial charge in [0.25, 0.3) is 0 Å². The van der Waals surface area contributed by atoms with Crippen LogP contribution in [0, 0.1) is 11.3 Å². The summed E-state index contributed by atoms with van der Waals surface area (Å²) >= 11 is 0. The molecule has 0 aliphatic carbocycles. The number of nitriles is 1. The van der Waals surface area contributed by atoms with Gasteiger partial charge in [-0.1, -0.05) is 24.3 Å². The molecular weight excluding hydrogens is 376 g/mol. The molecule has 1 N–H and O–H groups in total. The Hall–Kier alpha value is -3.36. The van der Waals surface area contributed by atoms with Crippen molar-refractivity contribution in [1.82, 2.24) is 4.98 Å². The first-order chi connectivity index (χ1) is 14.6. The van der Waals surface area contributed by atoms with Gasteiger partial charge in [0.05, 0.1) is 6.07 Å². The molecule has 0 amide bonds. The molecular formula is C25H24N2O3. The minimum absolute atomic E-state index is 0.108. The molecule has 0 bridgehead atoms. The molecule has 0 saturated carbocycles. The Morgan fingerprint density at radius 1 is 1.17 bits per heavy atom. The molecule has 0 radical (unpaired) electrons. The Labute approximate surface area is 175 Å². The number of nitrogens with one attached hydrogen (secondary N) is 1. The van der Waals surface area contributed by atoms with Gasteiger partial charge >= 0.3 is 0 Å². The highest BCUT2D eigenvalue weighted by Gasteiger charge is 2.32. The summed E-state index contributed by atoms with van der Waals surface area (Å²) in [6.45, 7) is 3.37. The summed E-state index contributed by atoms with van der Waals surface area (Å²) in [5, 5.41) is 10.0. The number of allylic oxidation sites excluding steroid dienone is 2. The lowest BCUT2D eigenvalue weighted by molar-refractivity contribution is 0.0653. The van der Waals surface area contributed by atoms with Crippen LogP contribution < -0.4 is 10.3 Å². The van der Waals surface area contributed by atoms with Crippen molar-refractivity contribution in [3.63, 3.8) is 0 Å². The van der Waals surface area contributed by atoms with E-state index in [1.54, 1.807) is 6.08 Å². The summed E-state index contributed by atoms with van der Waals surface area (Å²) in [4.78, 5) is 14.3. The SMILES string of the molecule is CC(Oc1cccc(C2(C=CC#N)CCOCC2)c1)c1ccc2[nH]c(=O)ccc2c1. The van der Waals surface area contributed by atoms with E-state index in [1.807, 2.05) is 49.4 Å². The molecule has 1 saturated heterocycles. The lowest BCUT2D eigenvalue weighted by Gasteiger charge is -2.35. The molecule has 5 nitrogen and oxygen atoms in total. The zero-order chi connectivity index (χ0) is 21.0. The van der Waals surface area contributed by atoms with Gasteiger partial charge in [0.2, 0.25) is 5.56 Å². The molecule has 5 heteroatoms. The van der Waals surface area contributed by atoms with Gasteiger partial charge in [-0.3, -0.25) is 4.79 Å². The van der Waals surface area contributed by atoms with Crippen molar-refractivity contribution in [2.24, 2.45) is 0 Å². The monoisotopic (exact) mass is 400 g/mol. The molecule has 1 atom stereocenters. The van der Waals surface area contributed by atoms with Crippen LogP contribution in [0.3, 0.4) is 0 Å². The standard InChI is InChI=1S/C25H24N2O3/c1-18(19-6-8-23-20(16-19)7-9-24(28)27-23)30-22-5-2-4-21(17-22)25(10-3-13-26)11-14-29-15-12-25/h2-10,16-18H,11-12,14-15H2,1H3,(H,27,28). The fraction of sp³-hybridized carbons (Fsp3) is 0.280. The average Bonchev–Trinajstić information content (AvgIpc) is 2.78. The minimum atomic E-state index is -0.203. The predicted octanol–water partition coefficient (Wildman–Crippen LogP) is 4.80. The van der Waals surface area contributed by atoms with E-state index < -0.39 is 0 Å². The molecule has 1 aliphatic heterocycles. The van der Waals surface area contributed by atoms with E-state index in [-0.39, 0.29) is 17.1 Å². The second kappa shape index (κ2) is 8.56. The summed E-state index contributed by atoms with van der Waals surface area (Å²) in [6.07, 6.45) is 5.10. The summed E-state index contributed by atoms with van der Waals surface area (Å²) in [5.74, 6) is 0.790. The zero-order valence-electron chi connectivity index (χ0n) is 16.9. The van der Waals surface area contributed by atoms with Crippen LogP contribution in [0.5, 0.6) is 5.75 Å². The number of hydrogen-bond acceptors (Lipinski definition) is 4. The van der Waals surface area contributed by atoms with Crippen LogP contribution in [0.25, 0.3) is 10.9 Å². The first-order valence-electron chi connectivity index (χ1n) is 10.1. The first kappa shape index (κ1) is 19.9. The topological polar surface area (TPSA) is 75.1 Å². The summed E-state index contributed by atoms with van der Waals surface area (Å²) < 4.78 is 11.8. The smallest absolute Gasteiger partial charge is 0.248 e. The lowest BCUT2D eigenvalue weighted by atomic mass is 9.74. The molecule has 3 aromatic rings. The van der Waals surface area contributed by atoms with Crippen molar-refractivity contribution in [2.45, 2.75) is 31.3 Å². The molecule has 1 aliphatic rings. The van der Waals surface area contributed by atoms with Gasteiger partial charge < -0.3 is 14.5 Å². The van der Waals surface area contributed by atoms with Crippen LogP contribution in [0.1, 0.15) is 37.0 Å². The third-order valence-electron chi connectivity index (χ3n) is 5.80. The Morgan fingerprint density at radius 2 is 2.00 bits per heavy atom. The average molecular weight is 400 g/mol. The normalized spacial score (nSPS) is 16.9. The quantitative estimate of drug-likeness (QED) is 0.625.